The number of carboxylic acids is 1. The Balaban J connectivity index is 1.96. The number of rotatable bonds is 5. The molecular weight excluding hydrogens is 396 g/mol. The summed E-state index contributed by atoms with van der Waals surface area (Å²) in [4.78, 5) is 23.7. The Bertz CT molecular complexity index is 1350. The van der Waals surface area contributed by atoms with Gasteiger partial charge in [0.2, 0.25) is 0 Å². The Hall–Kier alpha value is -4.32. The van der Waals surface area contributed by atoms with Gasteiger partial charge in [0.15, 0.2) is 0 Å². The molecule has 0 unspecified atom stereocenters. The summed E-state index contributed by atoms with van der Waals surface area (Å²) in [6.45, 7) is 0. The lowest BCUT2D eigenvalue weighted by atomic mass is 9.92. The summed E-state index contributed by atoms with van der Waals surface area (Å²) in [5, 5.41) is 19.3. The molecule has 0 saturated carbocycles. The topological polar surface area (TPSA) is 97.0 Å². The fourth-order valence-electron chi connectivity index (χ4n) is 3.44. The lowest BCUT2D eigenvalue weighted by Crippen LogP contribution is -2.06. The number of phenolic OH excluding ortho intramolecular Hbond substituents is 1. The zero-order valence-electron chi connectivity index (χ0n) is 16.5. The molecule has 0 aliphatic heterocycles. The highest BCUT2D eigenvalue weighted by Crippen LogP contribution is 2.37. The van der Waals surface area contributed by atoms with Gasteiger partial charge < -0.3 is 19.4 Å². The van der Waals surface area contributed by atoms with Gasteiger partial charge in [-0.2, -0.15) is 0 Å². The monoisotopic (exact) mass is 414 g/mol. The second kappa shape index (κ2) is 8.20. The van der Waals surface area contributed by atoms with Gasteiger partial charge in [-0.1, -0.05) is 36.4 Å². The number of aliphatic carboxylic acids is 1. The van der Waals surface area contributed by atoms with Gasteiger partial charge in [-0.3, -0.25) is 0 Å². The first kappa shape index (κ1) is 20.0. The Morgan fingerprint density at radius 1 is 0.935 bits per heavy atom. The molecular formula is C25H18O6. The maximum Gasteiger partial charge on any atom is 0.344 e. The molecule has 0 radical (unpaired) electrons. The van der Waals surface area contributed by atoms with E-state index in [1.807, 2.05) is 12.1 Å². The first-order valence-corrected chi connectivity index (χ1v) is 9.42. The van der Waals surface area contributed by atoms with Crippen molar-refractivity contribution in [1.82, 2.24) is 0 Å². The molecule has 0 aliphatic carbocycles. The molecule has 2 N–H and O–H groups in total. The molecule has 4 rings (SSSR count). The van der Waals surface area contributed by atoms with Crippen molar-refractivity contribution in [1.29, 1.82) is 0 Å². The normalized spacial score (nSPS) is 11.1. The van der Waals surface area contributed by atoms with Crippen LogP contribution in [0.1, 0.15) is 5.56 Å². The van der Waals surface area contributed by atoms with E-state index in [4.69, 9.17) is 14.3 Å². The minimum atomic E-state index is -1.03. The molecule has 6 heteroatoms. The molecule has 6 nitrogen and oxygen atoms in total. The summed E-state index contributed by atoms with van der Waals surface area (Å²) in [7, 11) is 1.57. The van der Waals surface area contributed by atoms with Crippen LogP contribution in [-0.4, -0.2) is 23.3 Å². The molecule has 31 heavy (non-hydrogen) atoms. The summed E-state index contributed by atoms with van der Waals surface area (Å²) in [5.41, 5.74) is 2.90. The zero-order chi connectivity index (χ0) is 22.0. The van der Waals surface area contributed by atoms with Crippen molar-refractivity contribution >= 4 is 23.0 Å². The van der Waals surface area contributed by atoms with Crippen molar-refractivity contribution in [3.05, 3.63) is 88.8 Å². The number of ether oxygens (including phenoxy) is 1. The minimum Gasteiger partial charge on any atom is -0.508 e. The predicted octanol–water partition coefficient (Wildman–Crippen LogP) is 4.94. The predicted molar refractivity (Wildman–Crippen MR) is 118 cm³/mol. The average molecular weight is 414 g/mol. The number of fused-ring (bicyclic) bond motifs is 1. The Morgan fingerprint density at radius 2 is 1.58 bits per heavy atom. The Labute approximate surface area is 177 Å². The van der Waals surface area contributed by atoms with E-state index < -0.39 is 11.6 Å². The van der Waals surface area contributed by atoms with E-state index >= 15 is 0 Å². The number of aromatic hydroxyl groups is 1. The molecule has 0 atom stereocenters. The number of methoxy groups -OCH3 is 1. The molecule has 1 aromatic heterocycles. The molecule has 0 spiro atoms. The van der Waals surface area contributed by atoms with Crippen molar-refractivity contribution < 1.29 is 24.2 Å². The third-order valence-electron chi connectivity index (χ3n) is 4.89. The molecule has 4 aromatic rings. The van der Waals surface area contributed by atoms with Crippen LogP contribution in [0.15, 0.2) is 82.0 Å². The van der Waals surface area contributed by atoms with Crippen LogP contribution in [0.5, 0.6) is 11.5 Å². The molecule has 0 aliphatic rings. The van der Waals surface area contributed by atoms with Crippen LogP contribution in [-0.2, 0) is 4.79 Å². The lowest BCUT2D eigenvalue weighted by molar-refractivity contribution is -0.131. The molecule has 0 saturated heterocycles. The maximum atomic E-state index is 13.0. The van der Waals surface area contributed by atoms with Gasteiger partial charge in [0.1, 0.15) is 17.1 Å². The first-order chi connectivity index (χ1) is 15.0. The number of carbonyl (C=O) groups is 1. The van der Waals surface area contributed by atoms with Gasteiger partial charge >= 0.3 is 11.6 Å². The largest absolute Gasteiger partial charge is 0.508 e. The highest BCUT2D eigenvalue weighted by atomic mass is 16.5. The standard InChI is InChI=1S/C25H18O6/c1-30-19-10-7-17(8-11-19)24-23(16-5-2-15(3-6-16)4-13-22(27)28)20-12-9-18(26)14-21(20)31-25(24)29/h2-14,26H,1H3,(H,27,28). The van der Waals surface area contributed by atoms with Gasteiger partial charge in [-0.05, 0) is 47.0 Å². The van der Waals surface area contributed by atoms with Gasteiger partial charge in [-0.25, -0.2) is 9.59 Å². The molecule has 0 fully saturated rings. The van der Waals surface area contributed by atoms with Gasteiger partial charge in [0.25, 0.3) is 0 Å². The van der Waals surface area contributed by atoms with Crippen LogP contribution >= 0.6 is 0 Å². The van der Waals surface area contributed by atoms with E-state index in [0.717, 1.165) is 11.6 Å². The van der Waals surface area contributed by atoms with Gasteiger partial charge in [-0.15, -0.1) is 0 Å². The van der Waals surface area contributed by atoms with E-state index in [2.05, 4.69) is 0 Å². The van der Waals surface area contributed by atoms with Gasteiger partial charge in [0.05, 0.1) is 12.7 Å². The maximum absolute atomic E-state index is 13.0. The van der Waals surface area contributed by atoms with Crippen LogP contribution in [0.4, 0.5) is 0 Å². The van der Waals surface area contributed by atoms with E-state index in [0.29, 0.717) is 33.4 Å². The van der Waals surface area contributed by atoms with Crippen molar-refractivity contribution in [3.8, 4) is 33.8 Å². The third kappa shape index (κ3) is 4.04. The van der Waals surface area contributed by atoms with Crippen molar-refractivity contribution in [2.75, 3.05) is 7.11 Å². The molecule has 1 heterocycles. The van der Waals surface area contributed by atoms with Crippen molar-refractivity contribution in [2.45, 2.75) is 0 Å². The van der Waals surface area contributed by atoms with E-state index in [9.17, 15) is 14.7 Å². The lowest BCUT2D eigenvalue weighted by Gasteiger charge is -2.13. The number of carboxylic acid groups (broad SMARTS) is 1. The van der Waals surface area contributed by atoms with Crippen LogP contribution in [0.2, 0.25) is 0 Å². The zero-order valence-corrected chi connectivity index (χ0v) is 16.5. The van der Waals surface area contributed by atoms with E-state index in [-0.39, 0.29) is 11.3 Å². The molecule has 0 amide bonds. The SMILES string of the molecule is COc1ccc(-c2c(-c3ccc(C=CC(=O)O)cc3)c3ccc(O)cc3oc2=O)cc1. The summed E-state index contributed by atoms with van der Waals surface area (Å²) >= 11 is 0. The highest BCUT2D eigenvalue weighted by Gasteiger charge is 2.18. The Morgan fingerprint density at radius 3 is 2.23 bits per heavy atom. The van der Waals surface area contributed by atoms with E-state index in [1.165, 1.54) is 18.2 Å². The summed E-state index contributed by atoms with van der Waals surface area (Å²) in [6, 6.07) is 18.9. The number of hydrogen-bond acceptors (Lipinski definition) is 5. The summed E-state index contributed by atoms with van der Waals surface area (Å²) in [5.74, 6) is -0.375. The van der Waals surface area contributed by atoms with Crippen LogP contribution in [0.25, 0.3) is 39.3 Å². The van der Waals surface area contributed by atoms with Crippen molar-refractivity contribution in [2.24, 2.45) is 0 Å². The average Bonchev–Trinajstić information content (AvgIpc) is 2.77. The Kier molecular flexibility index (Phi) is 5.28. The molecule has 3 aromatic carbocycles. The number of phenols is 1. The number of hydrogen-bond donors (Lipinski definition) is 2. The van der Waals surface area contributed by atoms with Crippen LogP contribution in [0, 0.1) is 0 Å². The third-order valence-corrected chi connectivity index (χ3v) is 4.89. The second-order valence-electron chi connectivity index (χ2n) is 6.84. The van der Waals surface area contributed by atoms with Crippen molar-refractivity contribution in [3.63, 3.8) is 0 Å². The smallest absolute Gasteiger partial charge is 0.344 e. The second-order valence-corrected chi connectivity index (χ2v) is 6.84. The van der Waals surface area contributed by atoms with Gasteiger partial charge in [0, 0.05) is 23.1 Å². The van der Waals surface area contributed by atoms with Crippen LogP contribution in [0.3, 0.4) is 0 Å². The first-order valence-electron chi connectivity index (χ1n) is 9.42. The summed E-state index contributed by atoms with van der Waals surface area (Å²) < 4.78 is 10.7. The van der Waals surface area contributed by atoms with E-state index in [1.54, 1.807) is 49.6 Å². The minimum absolute atomic E-state index is 0.00652. The fourth-order valence-corrected chi connectivity index (χ4v) is 3.44. The molecule has 0 bridgehead atoms. The number of benzene rings is 3. The quantitative estimate of drug-likeness (QED) is 0.355. The van der Waals surface area contributed by atoms with Crippen LogP contribution < -0.4 is 10.4 Å². The fraction of sp³-hybridized carbons (Fsp3) is 0.0400. The molecule has 154 valence electrons. The summed E-state index contributed by atoms with van der Waals surface area (Å²) in [6.07, 6.45) is 2.55. The highest BCUT2D eigenvalue weighted by molar-refractivity contribution is 6.01.